The Bertz CT molecular complexity index is 1710. The third-order valence-corrected chi connectivity index (χ3v) is 7.27. The van der Waals surface area contributed by atoms with Crippen LogP contribution in [0.4, 0.5) is 30.8 Å². The van der Waals surface area contributed by atoms with Gasteiger partial charge in [0.1, 0.15) is 6.04 Å². The normalized spacial score (nSPS) is 14.8. The lowest BCUT2D eigenvalue weighted by Crippen LogP contribution is -2.48. The first-order valence-electron chi connectivity index (χ1n) is 15.6. The lowest BCUT2D eigenvalue weighted by molar-refractivity contribution is -0.154. The van der Waals surface area contributed by atoms with Crippen molar-refractivity contribution in [3.63, 3.8) is 0 Å². The van der Waals surface area contributed by atoms with Crippen LogP contribution in [0, 0.1) is 5.41 Å². The number of amides is 3. The summed E-state index contributed by atoms with van der Waals surface area (Å²) in [5.74, 6) is -2.53. The number of carbonyl (C=O) groups is 3. The summed E-state index contributed by atoms with van der Waals surface area (Å²) in [7, 11) is 0. The van der Waals surface area contributed by atoms with Crippen LogP contribution in [-0.2, 0) is 15.1 Å². The highest BCUT2D eigenvalue weighted by Gasteiger charge is 2.45. The van der Waals surface area contributed by atoms with Crippen molar-refractivity contribution < 1.29 is 35.0 Å². The molecule has 18 heteroatoms. The molecule has 1 aliphatic rings. The van der Waals surface area contributed by atoms with Gasteiger partial charge in [0, 0.05) is 22.7 Å². The molecule has 3 aromatic rings. The van der Waals surface area contributed by atoms with Gasteiger partial charge in [0.25, 0.3) is 5.91 Å². The number of benzene rings is 2. The number of alkyl halides is 3. The number of carbonyl (C=O) groups excluding carboxylic acids is 3. The molecule has 14 nitrogen and oxygen atoms in total. The van der Waals surface area contributed by atoms with Gasteiger partial charge in [0.15, 0.2) is 6.56 Å². The Morgan fingerprint density at radius 3 is 2.29 bits per heavy atom. The van der Waals surface area contributed by atoms with Crippen molar-refractivity contribution in [2.75, 3.05) is 23.7 Å². The van der Waals surface area contributed by atoms with Gasteiger partial charge in [-0.2, -0.15) is 28.1 Å². The topological polar surface area (TPSA) is 223 Å². The van der Waals surface area contributed by atoms with E-state index in [1.807, 2.05) is 0 Å². The van der Waals surface area contributed by atoms with Crippen molar-refractivity contribution in [1.29, 1.82) is 5.41 Å². The van der Waals surface area contributed by atoms with E-state index < -0.39 is 54.6 Å². The number of halogens is 4. The van der Waals surface area contributed by atoms with E-state index in [1.54, 1.807) is 24.3 Å². The minimum atomic E-state index is -5.39. The molecule has 1 aliphatic carbocycles. The average molecular weight is 693 g/mol. The Kier molecular flexibility index (Phi) is 10.6. The number of primary amides is 1. The Morgan fingerprint density at radius 1 is 1.02 bits per heavy atom. The van der Waals surface area contributed by atoms with Gasteiger partial charge in [0.05, 0.1) is 20.7 Å². The van der Waals surface area contributed by atoms with Crippen molar-refractivity contribution in [2.24, 2.45) is 11.5 Å². The number of aromatic nitrogens is 3. The third kappa shape index (κ3) is 11.0. The fourth-order valence-corrected chi connectivity index (χ4v) is 4.64. The molecule has 1 fully saturated rings. The maximum absolute atomic E-state index is 13.3. The standard InChI is InChI=1S/C30H34ClF3N10O4/c31-19-9-7-18(8-10-19)29(13-14-29)44-27-41-26(42-28(43-27)48-16-30(32,33)34)39-20-11-5-17(6-12-20)24(46)40-21(3-1-2-4-22(35)36)25(47)38-15-23(37)45/h5-12,21H,1-4,13-16H2,(H3,35,36)(H2,37,45)(H,38,47)(H,40,46)(H2,39,41,42,43,44)/t21-/m0/s1/i16D2. The molecule has 1 atom stereocenters. The fourth-order valence-electron chi connectivity index (χ4n) is 4.52. The quantitative estimate of drug-likeness (QED) is 0.0619. The molecule has 0 unspecified atom stereocenters. The zero-order valence-electron chi connectivity index (χ0n) is 27.3. The van der Waals surface area contributed by atoms with Gasteiger partial charge in [-0.05, 0) is 67.6 Å². The van der Waals surface area contributed by atoms with E-state index in [0.717, 1.165) is 5.56 Å². The highest BCUT2D eigenvalue weighted by atomic mass is 35.5. The van der Waals surface area contributed by atoms with Crippen molar-refractivity contribution in [1.82, 2.24) is 25.6 Å². The summed E-state index contributed by atoms with van der Waals surface area (Å²) in [5.41, 5.74) is 11.1. The minimum Gasteiger partial charge on any atom is -0.454 e. The largest absolute Gasteiger partial charge is 0.454 e. The Morgan fingerprint density at radius 2 is 1.69 bits per heavy atom. The molecule has 0 radical (unpaired) electrons. The summed E-state index contributed by atoms with van der Waals surface area (Å²) >= 11 is 6.01. The molecule has 9 N–H and O–H groups in total. The molecule has 0 spiro atoms. The number of nitrogens with two attached hydrogens (primary N) is 2. The zero-order valence-corrected chi connectivity index (χ0v) is 26.0. The summed E-state index contributed by atoms with van der Waals surface area (Å²) in [6.45, 7) is -4.55. The van der Waals surface area contributed by atoms with Crippen LogP contribution in [0.5, 0.6) is 6.01 Å². The number of nitrogens with zero attached hydrogens (tertiary/aromatic N) is 3. The number of anilines is 3. The van der Waals surface area contributed by atoms with E-state index in [-0.39, 0.29) is 35.4 Å². The summed E-state index contributed by atoms with van der Waals surface area (Å²) in [5, 5.41) is 18.7. The van der Waals surface area contributed by atoms with Crippen molar-refractivity contribution in [2.45, 2.75) is 56.3 Å². The Balaban J connectivity index is 1.51. The molecule has 0 aliphatic heterocycles. The number of unbranched alkanes of at least 4 members (excludes halogenated alkanes) is 1. The Labute approximate surface area is 280 Å². The van der Waals surface area contributed by atoms with E-state index in [4.69, 9.17) is 31.2 Å². The molecule has 0 saturated heterocycles. The number of amidine groups is 1. The maximum atomic E-state index is 13.3. The minimum absolute atomic E-state index is 0.0159. The molecule has 3 amide bonds. The van der Waals surface area contributed by atoms with E-state index in [9.17, 15) is 27.6 Å². The van der Waals surface area contributed by atoms with Crippen LogP contribution < -0.4 is 37.5 Å². The van der Waals surface area contributed by atoms with Crippen molar-refractivity contribution in [3.8, 4) is 6.01 Å². The summed E-state index contributed by atoms with van der Waals surface area (Å²) in [6, 6.07) is 10.6. The van der Waals surface area contributed by atoms with Gasteiger partial charge in [-0.15, -0.1) is 0 Å². The second kappa shape index (κ2) is 15.6. The molecular weight excluding hydrogens is 657 g/mol. The highest BCUT2D eigenvalue weighted by Crippen LogP contribution is 2.48. The Hall–Kier alpha value is -5.19. The van der Waals surface area contributed by atoms with Crippen LogP contribution in [0.3, 0.4) is 0 Å². The molecule has 1 saturated carbocycles. The first kappa shape index (κ1) is 32.7. The molecule has 2 aromatic carbocycles. The number of nitrogens with one attached hydrogen (secondary N) is 5. The van der Waals surface area contributed by atoms with Gasteiger partial charge in [-0.3, -0.25) is 19.8 Å². The van der Waals surface area contributed by atoms with Crippen molar-refractivity contribution >= 4 is 52.7 Å². The molecule has 4 rings (SSSR count). The summed E-state index contributed by atoms with van der Waals surface area (Å²) < 4.78 is 59.1. The predicted octanol–water partition coefficient (Wildman–Crippen LogP) is 3.51. The van der Waals surface area contributed by atoms with E-state index >= 15 is 0 Å². The van der Waals surface area contributed by atoms with Gasteiger partial charge >= 0.3 is 12.2 Å². The van der Waals surface area contributed by atoms with Crippen LogP contribution in [-0.4, -0.2) is 63.8 Å². The van der Waals surface area contributed by atoms with Gasteiger partial charge in [-0.25, -0.2) is 0 Å². The number of hydrogen-bond acceptors (Lipinski definition) is 10. The first-order chi connectivity index (χ1) is 23.5. The molecule has 1 aromatic heterocycles. The second-order valence-electron chi connectivity index (χ2n) is 10.9. The monoisotopic (exact) mass is 692 g/mol. The number of rotatable bonds is 17. The van der Waals surface area contributed by atoms with E-state index in [1.165, 1.54) is 24.3 Å². The summed E-state index contributed by atoms with van der Waals surface area (Å²) in [6.07, 6.45) is -2.69. The SMILES string of the molecule is [2H]C([2H])(Oc1nc(Nc2ccc(C(=O)N[C@@H](CCCCC(=N)N)C(=O)NCC(N)=O)cc2)nc(NC2(c3ccc(Cl)cc3)CC2)n1)C(F)(F)F. The van der Waals surface area contributed by atoms with E-state index in [0.29, 0.717) is 37.1 Å². The molecule has 48 heavy (non-hydrogen) atoms. The van der Waals surface area contributed by atoms with Gasteiger partial charge in [-0.1, -0.05) is 30.2 Å². The lowest BCUT2D eigenvalue weighted by atomic mass is 10.1. The van der Waals surface area contributed by atoms with Crippen LogP contribution in [0.15, 0.2) is 48.5 Å². The average Bonchev–Trinajstić information content (AvgIpc) is 3.81. The van der Waals surface area contributed by atoms with Crippen LogP contribution in [0.25, 0.3) is 0 Å². The number of hydrogen-bond donors (Lipinski definition) is 7. The third-order valence-electron chi connectivity index (χ3n) is 7.02. The summed E-state index contributed by atoms with van der Waals surface area (Å²) in [4.78, 5) is 48.8. The molecule has 0 bridgehead atoms. The second-order valence-corrected chi connectivity index (χ2v) is 11.3. The fraction of sp³-hybridized carbons (Fsp3) is 0.367. The lowest BCUT2D eigenvalue weighted by Gasteiger charge is -2.19. The zero-order chi connectivity index (χ0) is 36.7. The maximum Gasteiger partial charge on any atom is 0.422 e. The van der Waals surface area contributed by atoms with Crippen LogP contribution >= 0.6 is 11.6 Å². The van der Waals surface area contributed by atoms with Crippen molar-refractivity contribution in [3.05, 3.63) is 64.7 Å². The van der Waals surface area contributed by atoms with Gasteiger partial charge < -0.3 is 37.5 Å². The van der Waals surface area contributed by atoms with Crippen LogP contribution in [0.1, 0.15) is 57.2 Å². The first-order valence-corrected chi connectivity index (χ1v) is 15.0. The van der Waals surface area contributed by atoms with Gasteiger partial charge in [0.2, 0.25) is 23.7 Å². The predicted molar refractivity (Wildman–Crippen MR) is 171 cm³/mol. The van der Waals surface area contributed by atoms with Crippen LogP contribution in [0.2, 0.25) is 5.02 Å². The highest BCUT2D eigenvalue weighted by molar-refractivity contribution is 6.30. The molecular formula is C30H34ClF3N10O4. The van der Waals surface area contributed by atoms with E-state index in [2.05, 4.69) is 41.0 Å². The molecule has 256 valence electrons. The smallest absolute Gasteiger partial charge is 0.422 e. The molecule has 1 heterocycles. The number of ether oxygens (including phenoxy) is 1.